The van der Waals surface area contributed by atoms with Crippen LogP contribution in [0.25, 0.3) is 0 Å². The molecule has 0 aliphatic heterocycles. The quantitative estimate of drug-likeness (QED) is 0.0361. The van der Waals surface area contributed by atoms with Gasteiger partial charge in [0.05, 0.1) is 31.3 Å². The van der Waals surface area contributed by atoms with Gasteiger partial charge in [-0.1, -0.05) is 321 Å². The van der Waals surface area contributed by atoms with Crippen molar-refractivity contribution in [3.05, 3.63) is 12.2 Å². The molecule has 400 valence electrons. The van der Waals surface area contributed by atoms with Crippen molar-refractivity contribution in [1.82, 2.24) is 5.32 Å². The lowest BCUT2D eigenvalue weighted by Gasteiger charge is -2.23. The van der Waals surface area contributed by atoms with Gasteiger partial charge in [0.1, 0.15) is 0 Å². The summed E-state index contributed by atoms with van der Waals surface area (Å²) in [4.78, 5) is 12.6. The fraction of sp³-hybridized carbons (Fsp3) is 0.952. The Labute approximate surface area is 420 Å². The third-order valence-electron chi connectivity index (χ3n) is 14.8. The van der Waals surface area contributed by atoms with Crippen LogP contribution in [-0.2, 0) is 4.79 Å². The molecule has 0 aromatic rings. The van der Waals surface area contributed by atoms with Gasteiger partial charge in [0.15, 0.2) is 0 Å². The Kier molecular flexibility index (Phi) is 56.9. The highest BCUT2D eigenvalue weighted by molar-refractivity contribution is 5.76. The van der Waals surface area contributed by atoms with Crippen molar-refractivity contribution >= 4 is 5.91 Å². The van der Waals surface area contributed by atoms with Gasteiger partial charge >= 0.3 is 0 Å². The maximum absolute atomic E-state index is 12.6. The van der Waals surface area contributed by atoms with Crippen LogP contribution in [0.15, 0.2) is 12.2 Å². The average molecular weight is 947 g/mol. The van der Waals surface area contributed by atoms with Gasteiger partial charge in [-0.2, -0.15) is 0 Å². The summed E-state index contributed by atoms with van der Waals surface area (Å²) < 4.78 is 0. The van der Waals surface area contributed by atoms with Crippen molar-refractivity contribution in [1.29, 1.82) is 0 Å². The Morgan fingerprint density at radius 3 is 0.866 bits per heavy atom. The fourth-order valence-corrected chi connectivity index (χ4v) is 10.1. The number of rotatable bonds is 58. The Hall–Kier alpha value is -0.910. The average Bonchev–Trinajstić information content (AvgIpc) is 3.32. The number of aliphatic hydroxyl groups excluding tert-OH is 3. The minimum absolute atomic E-state index is 0.0402. The van der Waals surface area contributed by atoms with E-state index in [1.165, 1.54) is 295 Å². The van der Waals surface area contributed by atoms with Crippen molar-refractivity contribution in [3.63, 3.8) is 0 Å². The first-order valence-corrected chi connectivity index (χ1v) is 31.0. The van der Waals surface area contributed by atoms with Crippen molar-refractivity contribution < 1.29 is 20.1 Å². The summed E-state index contributed by atoms with van der Waals surface area (Å²) >= 11 is 0. The highest BCUT2D eigenvalue weighted by atomic mass is 16.3. The lowest BCUT2D eigenvalue weighted by Crippen LogP contribution is -2.46. The number of carbonyl (C=O) groups excluding carboxylic acids is 1. The maximum Gasteiger partial charge on any atom is 0.222 e. The van der Waals surface area contributed by atoms with Crippen molar-refractivity contribution in [2.45, 2.75) is 372 Å². The predicted molar refractivity (Wildman–Crippen MR) is 296 cm³/mol. The molecule has 0 aromatic carbocycles. The van der Waals surface area contributed by atoms with Crippen LogP contribution in [-0.4, -0.2) is 46.1 Å². The Morgan fingerprint density at radius 2 is 0.597 bits per heavy atom. The molecule has 67 heavy (non-hydrogen) atoms. The number of hydrogen-bond acceptors (Lipinski definition) is 4. The number of nitrogens with one attached hydrogen (secondary N) is 1. The summed E-state index contributed by atoms with van der Waals surface area (Å²) in [6.45, 7) is 4.31. The van der Waals surface area contributed by atoms with Crippen LogP contribution in [0.3, 0.4) is 0 Å². The number of aliphatic hydroxyl groups is 3. The van der Waals surface area contributed by atoms with E-state index in [2.05, 4.69) is 31.3 Å². The molecule has 0 heterocycles. The number of carbonyl (C=O) groups is 1. The molecule has 0 radical (unpaired) electrons. The second kappa shape index (κ2) is 57.7. The first-order chi connectivity index (χ1) is 33.0. The van der Waals surface area contributed by atoms with Crippen LogP contribution in [0.2, 0.25) is 0 Å². The molecule has 0 fully saturated rings. The van der Waals surface area contributed by atoms with E-state index in [1.54, 1.807) is 0 Å². The van der Waals surface area contributed by atoms with E-state index in [1.807, 2.05) is 0 Å². The lowest BCUT2D eigenvalue weighted by molar-refractivity contribution is -0.125. The minimum atomic E-state index is -0.749. The van der Waals surface area contributed by atoms with Crippen LogP contribution >= 0.6 is 0 Å². The highest BCUT2D eigenvalue weighted by Gasteiger charge is 2.21. The summed E-state index contributed by atoms with van der Waals surface area (Å²) in [5.41, 5.74) is 0. The van der Waals surface area contributed by atoms with Gasteiger partial charge in [0.2, 0.25) is 5.91 Å². The number of allylic oxidation sites excluding steroid dienone is 2. The smallest absolute Gasteiger partial charge is 0.222 e. The van der Waals surface area contributed by atoms with Gasteiger partial charge in [0, 0.05) is 0 Å². The molecule has 3 atom stereocenters. The van der Waals surface area contributed by atoms with E-state index >= 15 is 0 Å². The molecule has 0 aliphatic carbocycles. The lowest BCUT2D eigenvalue weighted by atomic mass is 10.0. The molecule has 0 saturated carbocycles. The number of amides is 1. The SMILES string of the molecule is CCCCCCCCCCCCCC/C=C\CCCCCCCCCCCCCC(O)CC(=O)NC(CO)C(O)CCCCCCCCCCCCCCCCCCCCCCCCCCC. The van der Waals surface area contributed by atoms with E-state index < -0.39 is 18.2 Å². The molecule has 5 nitrogen and oxygen atoms in total. The van der Waals surface area contributed by atoms with E-state index in [9.17, 15) is 20.1 Å². The largest absolute Gasteiger partial charge is 0.394 e. The molecule has 0 saturated heterocycles. The first-order valence-electron chi connectivity index (χ1n) is 31.0. The Morgan fingerprint density at radius 1 is 0.358 bits per heavy atom. The molecule has 4 N–H and O–H groups in total. The first kappa shape index (κ1) is 66.1. The monoisotopic (exact) mass is 946 g/mol. The highest BCUT2D eigenvalue weighted by Crippen LogP contribution is 2.19. The third-order valence-corrected chi connectivity index (χ3v) is 14.8. The molecule has 0 aromatic heterocycles. The van der Waals surface area contributed by atoms with Crippen LogP contribution in [0.5, 0.6) is 0 Å². The zero-order valence-corrected chi connectivity index (χ0v) is 45.8. The molecular formula is C62H123NO4. The fourth-order valence-electron chi connectivity index (χ4n) is 10.1. The van der Waals surface area contributed by atoms with Crippen molar-refractivity contribution in [2.75, 3.05) is 6.61 Å². The number of hydrogen-bond donors (Lipinski definition) is 4. The van der Waals surface area contributed by atoms with Crippen molar-refractivity contribution in [3.8, 4) is 0 Å². The molecule has 0 bridgehead atoms. The van der Waals surface area contributed by atoms with Gasteiger partial charge < -0.3 is 20.6 Å². The molecule has 0 aliphatic rings. The van der Waals surface area contributed by atoms with E-state index in [-0.39, 0.29) is 18.9 Å². The molecule has 5 heteroatoms. The van der Waals surface area contributed by atoms with Gasteiger partial charge in [-0.25, -0.2) is 0 Å². The normalized spacial score (nSPS) is 13.2. The molecule has 0 spiro atoms. The maximum atomic E-state index is 12.6. The third kappa shape index (κ3) is 54.3. The Balaban J connectivity index is 3.49. The van der Waals surface area contributed by atoms with E-state index in [0.29, 0.717) is 12.8 Å². The van der Waals surface area contributed by atoms with E-state index in [4.69, 9.17) is 0 Å². The minimum Gasteiger partial charge on any atom is -0.394 e. The van der Waals surface area contributed by atoms with Crippen LogP contribution in [0.4, 0.5) is 0 Å². The predicted octanol–water partition coefficient (Wildman–Crippen LogP) is 19.5. The molecule has 1 amide bonds. The second-order valence-electron chi connectivity index (χ2n) is 21.7. The van der Waals surface area contributed by atoms with Gasteiger partial charge in [0.25, 0.3) is 0 Å². The Bertz CT molecular complexity index is 956. The van der Waals surface area contributed by atoms with Crippen LogP contribution in [0, 0.1) is 0 Å². The summed E-state index contributed by atoms with van der Waals surface area (Å²) in [5, 5.41) is 33.7. The topological polar surface area (TPSA) is 89.8 Å². The number of unbranched alkanes of at least 4 members (excludes halogenated alkanes) is 47. The summed E-state index contributed by atoms with van der Waals surface area (Å²) in [6, 6.07) is -0.658. The van der Waals surface area contributed by atoms with Crippen molar-refractivity contribution in [2.24, 2.45) is 0 Å². The zero-order chi connectivity index (χ0) is 48.6. The van der Waals surface area contributed by atoms with E-state index in [0.717, 1.165) is 25.7 Å². The summed E-state index contributed by atoms with van der Waals surface area (Å²) in [6.07, 6.45) is 72.5. The molecular weight excluding hydrogens is 823 g/mol. The standard InChI is InChI=1S/C62H123NO4/c1-3-5-7-9-11-13-15-17-19-21-23-25-27-29-30-32-33-35-37-39-41-43-45-47-49-51-53-55-59(65)57-62(67)63-60(58-64)61(66)56-54-52-50-48-46-44-42-40-38-36-34-31-28-26-24-22-20-18-16-14-12-10-8-6-4-2/h29-30,59-61,64-66H,3-28,31-58H2,1-2H3,(H,63,67)/b30-29-. The second-order valence-corrected chi connectivity index (χ2v) is 21.7. The summed E-state index contributed by atoms with van der Waals surface area (Å²) in [7, 11) is 0. The van der Waals surface area contributed by atoms with Gasteiger partial charge in [-0.05, 0) is 38.5 Å². The molecule has 0 rings (SSSR count). The molecule has 3 unspecified atom stereocenters. The van der Waals surface area contributed by atoms with Gasteiger partial charge in [-0.3, -0.25) is 4.79 Å². The van der Waals surface area contributed by atoms with Crippen LogP contribution in [0.1, 0.15) is 354 Å². The van der Waals surface area contributed by atoms with Gasteiger partial charge in [-0.15, -0.1) is 0 Å². The van der Waals surface area contributed by atoms with Crippen LogP contribution < -0.4 is 5.32 Å². The summed E-state index contributed by atoms with van der Waals surface area (Å²) in [5.74, 6) is -0.276. The zero-order valence-electron chi connectivity index (χ0n) is 45.8.